The number of nitrogens with zero attached hydrogens (tertiary/aromatic N) is 2. The van der Waals surface area contributed by atoms with E-state index in [1.807, 2.05) is 20.8 Å². The summed E-state index contributed by atoms with van der Waals surface area (Å²) in [6, 6.07) is 0. The van der Waals surface area contributed by atoms with Crippen LogP contribution in [0.3, 0.4) is 0 Å². The summed E-state index contributed by atoms with van der Waals surface area (Å²) in [4.78, 5) is 19.6. The molecule has 0 radical (unpaired) electrons. The minimum Gasteiger partial charge on any atom is -0.481 e. The summed E-state index contributed by atoms with van der Waals surface area (Å²) < 4.78 is 5.27. The number of aryl methyl sites for hydroxylation is 2. The molecule has 1 atom stereocenters. The van der Waals surface area contributed by atoms with Crippen LogP contribution in [0.2, 0.25) is 0 Å². The van der Waals surface area contributed by atoms with Crippen LogP contribution in [-0.4, -0.2) is 27.7 Å². The highest BCUT2D eigenvalue weighted by atomic mass is 16.5. The molecule has 1 heterocycles. The lowest BCUT2D eigenvalue weighted by Crippen LogP contribution is -2.16. The number of carboxylic acid groups (broad SMARTS) is 1. The number of rotatable bonds is 6. The van der Waals surface area contributed by atoms with Gasteiger partial charge in [0, 0.05) is 18.0 Å². The van der Waals surface area contributed by atoms with E-state index in [0.29, 0.717) is 25.5 Å². The van der Waals surface area contributed by atoms with Crippen molar-refractivity contribution in [1.82, 2.24) is 9.97 Å². The van der Waals surface area contributed by atoms with Gasteiger partial charge < -0.3 is 9.84 Å². The van der Waals surface area contributed by atoms with Crippen molar-refractivity contribution < 1.29 is 14.6 Å². The van der Waals surface area contributed by atoms with Crippen molar-refractivity contribution in [3.8, 4) is 0 Å². The largest absolute Gasteiger partial charge is 0.481 e. The van der Waals surface area contributed by atoms with Crippen molar-refractivity contribution >= 4 is 5.97 Å². The summed E-state index contributed by atoms with van der Waals surface area (Å²) in [5.74, 6) is -0.575. The fourth-order valence-corrected chi connectivity index (χ4v) is 1.76. The number of aromatic nitrogens is 2. The van der Waals surface area contributed by atoms with Crippen molar-refractivity contribution in [3.63, 3.8) is 0 Å². The van der Waals surface area contributed by atoms with Gasteiger partial charge in [0.1, 0.15) is 6.61 Å². The van der Waals surface area contributed by atoms with E-state index in [2.05, 4.69) is 9.97 Å². The molecule has 1 unspecified atom stereocenters. The maximum Gasteiger partial charge on any atom is 0.306 e. The predicted molar refractivity (Wildman–Crippen MR) is 67.3 cm³/mol. The monoisotopic (exact) mass is 252 g/mol. The Morgan fingerprint density at radius 1 is 1.33 bits per heavy atom. The molecular formula is C13H20N2O3. The zero-order valence-corrected chi connectivity index (χ0v) is 11.4. The first-order valence-electron chi connectivity index (χ1n) is 6.09. The summed E-state index contributed by atoms with van der Waals surface area (Å²) in [6.45, 7) is 8.40. The van der Waals surface area contributed by atoms with Crippen molar-refractivity contribution in [1.29, 1.82) is 0 Å². The van der Waals surface area contributed by atoms with Gasteiger partial charge in [-0.05, 0) is 32.8 Å². The van der Waals surface area contributed by atoms with Crippen LogP contribution in [-0.2, 0) is 22.6 Å². The van der Waals surface area contributed by atoms with Crippen LogP contribution in [0.1, 0.15) is 36.6 Å². The lowest BCUT2D eigenvalue weighted by Gasteiger charge is -2.13. The summed E-state index contributed by atoms with van der Waals surface area (Å²) in [7, 11) is 0. The third-order valence-corrected chi connectivity index (χ3v) is 2.83. The Morgan fingerprint density at radius 2 is 1.89 bits per heavy atom. The molecule has 0 bridgehead atoms. The van der Waals surface area contributed by atoms with Crippen molar-refractivity contribution in [2.24, 2.45) is 5.92 Å². The van der Waals surface area contributed by atoms with Gasteiger partial charge in [0.2, 0.25) is 0 Å². The SMILES string of the molecule is CCOCc1nc(C)c(CC(C)C(=O)O)c(C)n1. The molecule has 1 aromatic rings. The molecule has 0 aromatic carbocycles. The lowest BCUT2D eigenvalue weighted by molar-refractivity contribution is -0.141. The minimum absolute atomic E-state index is 0.396. The van der Waals surface area contributed by atoms with Gasteiger partial charge in [-0.15, -0.1) is 0 Å². The van der Waals surface area contributed by atoms with Gasteiger partial charge in [-0.2, -0.15) is 0 Å². The predicted octanol–water partition coefficient (Wildman–Crippen LogP) is 1.89. The summed E-state index contributed by atoms with van der Waals surface area (Å²) in [6.07, 6.45) is 0.460. The fraction of sp³-hybridized carbons (Fsp3) is 0.615. The van der Waals surface area contributed by atoms with Crippen molar-refractivity contribution in [2.45, 2.75) is 40.7 Å². The Labute approximate surface area is 107 Å². The first kappa shape index (κ1) is 14.6. The first-order chi connectivity index (χ1) is 8.45. The average Bonchev–Trinajstić information content (AvgIpc) is 2.30. The van der Waals surface area contributed by atoms with Crippen LogP contribution in [0.4, 0.5) is 0 Å². The summed E-state index contributed by atoms with van der Waals surface area (Å²) in [5, 5.41) is 8.94. The molecule has 1 rings (SSSR count). The normalized spacial score (nSPS) is 12.4. The second-order valence-corrected chi connectivity index (χ2v) is 4.37. The van der Waals surface area contributed by atoms with Crippen LogP contribution >= 0.6 is 0 Å². The van der Waals surface area contributed by atoms with E-state index in [-0.39, 0.29) is 0 Å². The maximum absolute atomic E-state index is 10.9. The van der Waals surface area contributed by atoms with E-state index >= 15 is 0 Å². The molecule has 5 nitrogen and oxygen atoms in total. The Balaban J connectivity index is 2.90. The molecule has 0 amide bonds. The number of hydrogen-bond acceptors (Lipinski definition) is 4. The van der Waals surface area contributed by atoms with Crippen LogP contribution in [0.5, 0.6) is 0 Å². The van der Waals surface area contributed by atoms with Crippen LogP contribution in [0.25, 0.3) is 0 Å². The topological polar surface area (TPSA) is 72.3 Å². The second-order valence-electron chi connectivity index (χ2n) is 4.37. The Bertz CT molecular complexity index is 409. The highest BCUT2D eigenvalue weighted by molar-refractivity contribution is 5.70. The average molecular weight is 252 g/mol. The van der Waals surface area contributed by atoms with Gasteiger partial charge in [-0.1, -0.05) is 6.92 Å². The standard InChI is InChI=1S/C13H20N2O3/c1-5-18-7-12-14-9(3)11(10(4)15-12)6-8(2)13(16)17/h8H,5-7H2,1-4H3,(H,16,17). The van der Waals surface area contributed by atoms with E-state index in [1.165, 1.54) is 0 Å². The molecule has 1 aromatic heterocycles. The van der Waals surface area contributed by atoms with E-state index in [0.717, 1.165) is 17.0 Å². The van der Waals surface area contributed by atoms with Gasteiger partial charge >= 0.3 is 5.97 Å². The molecule has 0 saturated heterocycles. The third-order valence-electron chi connectivity index (χ3n) is 2.83. The zero-order chi connectivity index (χ0) is 13.7. The molecule has 0 saturated carbocycles. The third kappa shape index (κ3) is 3.77. The number of ether oxygens (including phenoxy) is 1. The molecule has 0 spiro atoms. The molecule has 5 heteroatoms. The lowest BCUT2D eigenvalue weighted by atomic mass is 9.99. The molecule has 0 fully saturated rings. The molecule has 1 N–H and O–H groups in total. The van der Waals surface area contributed by atoms with Crippen LogP contribution < -0.4 is 0 Å². The molecule has 0 aliphatic heterocycles. The highest BCUT2D eigenvalue weighted by Crippen LogP contribution is 2.16. The van der Waals surface area contributed by atoms with Crippen LogP contribution in [0, 0.1) is 19.8 Å². The van der Waals surface area contributed by atoms with E-state index in [9.17, 15) is 4.79 Å². The van der Waals surface area contributed by atoms with Crippen LogP contribution in [0.15, 0.2) is 0 Å². The number of aliphatic carboxylic acids is 1. The summed E-state index contributed by atoms with van der Waals surface area (Å²) in [5.41, 5.74) is 2.60. The molecule has 18 heavy (non-hydrogen) atoms. The quantitative estimate of drug-likeness (QED) is 0.837. The number of carboxylic acids is 1. The molecular weight excluding hydrogens is 232 g/mol. The smallest absolute Gasteiger partial charge is 0.306 e. The van der Waals surface area contributed by atoms with Gasteiger partial charge in [0.05, 0.1) is 5.92 Å². The molecule has 0 aliphatic rings. The van der Waals surface area contributed by atoms with E-state index in [4.69, 9.17) is 9.84 Å². The second kappa shape index (κ2) is 6.44. The fourth-order valence-electron chi connectivity index (χ4n) is 1.76. The van der Waals surface area contributed by atoms with E-state index < -0.39 is 11.9 Å². The van der Waals surface area contributed by atoms with Gasteiger partial charge in [-0.25, -0.2) is 9.97 Å². The zero-order valence-electron chi connectivity index (χ0n) is 11.4. The first-order valence-corrected chi connectivity index (χ1v) is 6.09. The Morgan fingerprint density at radius 3 is 2.33 bits per heavy atom. The number of hydrogen-bond donors (Lipinski definition) is 1. The molecule has 100 valence electrons. The number of carbonyl (C=O) groups is 1. The minimum atomic E-state index is -0.799. The van der Waals surface area contributed by atoms with Gasteiger partial charge in [-0.3, -0.25) is 4.79 Å². The maximum atomic E-state index is 10.9. The van der Waals surface area contributed by atoms with Crippen molar-refractivity contribution in [3.05, 3.63) is 22.8 Å². The van der Waals surface area contributed by atoms with Gasteiger partial charge in [0.25, 0.3) is 0 Å². The van der Waals surface area contributed by atoms with E-state index in [1.54, 1.807) is 6.92 Å². The van der Waals surface area contributed by atoms with Crippen molar-refractivity contribution in [2.75, 3.05) is 6.61 Å². The Hall–Kier alpha value is -1.49. The van der Waals surface area contributed by atoms with Gasteiger partial charge in [0.15, 0.2) is 5.82 Å². The highest BCUT2D eigenvalue weighted by Gasteiger charge is 2.16. The summed E-state index contributed by atoms with van der Waals surface area (Å²) >= 11 is 0. The molecule has 0 aliphatic carbocycles. The Kier molecular flexibility index (Phi) is 5.22.